The minimum absolute atomic E-state index is 0.0457. The van der Waals surface area contributed by atoms with E-state index in [9.17, 15) is 18.3 Å². The number of aliphatic carboxylic acids is 1. The van der Waals surface area contributed by atoms with Gasteiger partial charge in [-0.3, -0.25) is 4.79 Å². The minimum Gasteiger partial charge on any atom is -0.480 e. The highest BCUT2D eigenvalue weighted by Gasteiger charge is 2.26. The van der Waals surface area contributed by atoms with Gasteiger partial charge in [0.2, 0.25) is 10.0 Å². The monoisotopic (exact) mass is 308 g/mol. The fourth-order valence-corrected chi connectivity index (χ4v) is 3.16. The average molecular weight is 308 g/mol. The van der Waals surface area contributed by atoms with Gasteiger partial charge in [0.1, 0.15) is 6.04 Å². The third-order valence-corrected chi connectivity index (χ3v) is 4.45. The normalized spacial score (nSPS) is 13.0. The summed E-state index contributed by atoms with van der Waals surface area (Å²) >= 11 is 0. The molecular weight excluding hydrogens is 292 g/mol. The van der Waals surface area contributed by atoms with E-state index in [0.29, 0.717) is 0 Å². The molecule has 0 bridgehead atoms. The van der Waals surface area contributed by atoms with E-state index < -0.39 is 22.0 Å². The van der Waals surface area contributed by atoms with Crippen LogP contribution in [0.15, 0.2) is 53.7 Å². The first-order chi connectivity index (χ1) is 9.88. The Bertz CT molecular complexity index is 722. The van der Waals surface area contributed by atoms with Gasteiger partial charge in [-0.2, -0.15) is 4.72 Å². The molecule has 1 aromatic heterocycles. The van der Waals surface area contributed by atoms with Gasteiger partial charge in [0.25, 0.3) is 0 Å². The topological polar surface area (TPSA) is 88.4 Å². The molecule has 112 valence electrons. The predicted octanol–water partition coefficient (Wildman–Crippen LogP) is 0.999. The van der Waals surface area contributed by atoms with Crippen LogP contribution in [0.1, 0.15) is 5.56 Å². The second-order valence-electron chi connectivity index (χ2n) is 4.71. The van der Waals surface area contributed by atoms with E-state index in [0.717, 1.165) is 5.56 Å². The molecule has 2 N–H and O–H groups in total. The molecule has 2 rings (SSSR count). The van der Waals surface area contributed by atoms with E-state index in [1.807, 2.05) is 6.07 Å². The highest BCUT2D eigenvalue weighted by atomic mass is 32.2. The predicted molar refractivity (Wildman–Crippen MR) is 77.3 cm³/mol. The van der Waals surface area contributed by atoms with E-state index in [4.69, 9.17) is 0 Å². The first kappa shape index (κ1) is 15.3. The van der Waals surface area contributed by atoms with Crippen LogP contribution in [-0.2, 0) is 28.3 Å². The first-order valence-electron chi connectivity index (χ1n) is 6.29. The molecule has 7 heteroatoms. The number of aryl methyl sites for hydroxylation is 1. The van der Waals surface area contributed by atoms with E-state index >= 15 is 0 Å². The van der Waals surface area contributed by atoms with E-state index in [1.165, 1.54) is 12.3 Å². The number of hydrogen-bond acceptors (Lipinski definition) is 3. The molecule has 0 radical (unpaired) electrons. The van der Waals surface area contributed by atoms with Crippen LogP contribution in [0.2, 0.25) is 0 Å². The van der Waals surface area contributed by atoms with Gasteiger partial charge in [0.05, 0.1) is 4.90 Å². The van der Waals surface area contributed by atoms with Crippen molar-refractivity contribution in [3.8, 4) is 0 Å². The van der Waals surface area contributed by atoms with Gasteiger partial charge in [-0.1, -0.05) is 30.3 Å². The van der Waals surface area contributed by atoms with Crippen molar-refractivity contribution in [3.05, 3.63) is 54.4 Å². The number of rotatable bonds is 6. The summed E-state index contributed by atoms with van der Waals surface area (Å²) in [5.41, 5.74) is 0.751. The maximum atomic E-state index is 12.2. The van der Waals surface area contributed by atoms with Gasteiger partial charge in [-0.15, -0.1) is 0 Å². The lowest BCUT2D eigenvalue weighted by atomic mass is 10.1. The zero-order valence-corrected chi connectivity index (χ0v) is 12.2. The quantitative estimate of drug-likeness (QED) is 0.833. The lowest BCUT2D eigenvalue weighted by Crippen LogP contribution is -2.42. The second kappa shape index (κ2) is 6.11. The SMILES string of the molecule is Cn1ccc(S(=O)(=O)N[C@H](Cc2ccccc2)C(=O)O)c1. The van der Waals surface area contributed by atoms with Crippen LogP contribution >= 0.6 is 0 Å². The molecule has 6 nitrogen and oxygen atoms in total. The number of hydrogen-bond donors (Lipinski definition) is 2. The molecule has 0 unspecified atom stereocenters. The summed E-state index contributed by atoms with van der Waals surface area (Å²) in [6.45, 7) is 0. The molecule has 1 atom stereocenters. The molecule has 0 amide bonds. The highest BCUT2D eigenvalue weighted by molar-refractivity contribution is 7.89. The zero-order valence-electron chi connectivity index (χ0n) is 11.4. The molecule has 0 saturated heterocycles. The number of aromatic nitrogens is 1. The molecule has 1 aromatic carbocycles. The Kier molecular flexibility index (Phi) is 4.44. The number of carboxylic acids is 1. The number of carbonyl (C=O) groups is 1. The standard InChI is InChI=1S/C14H16N2O4S/c1-16-8-7-12(10-16)21(19,20)15-13(14(17)18)9-11-5-3-2-4-6-11/h2-8,10,13,15H,9H2,1H3,(H,17,18)/t13-/m1/s1. The van der Waals surface area contributed by atoms with Crippen molar-refractivity contribution in [1.29, 1.82) is 0 Å². The largest absolute Gasteiger partial charge is 0.480 e. The first-order valence-corrected chi connectivity index (χ1v) is 7.78. The number of sulfonamides is 1. The summed E-state index contributed by atoms with van der Waals surface area (Å²) in [6, 6.07) is 9.09. The summed E-state index contributed by atoms with van der Waals surface area (Å²) in [5.74, 6) is -1.21. The number of nitrogens with zero attached hydrogens (tertiary/aromatic N) is 1. The highest BCUT2D eigenvalue weighted by Crippen LogP contribution is 2.11. The minimum atomic E-state index is -3.86. The summed E-state index contributed by atoms with van der Waals surface area (Å²) in [5, 5.41) is 9.22. The average Bonchev–Trinajstić information content (AvgIpc) is 2.86. The molecule has 0 spiro atoms. The van der Waals surface area contributed by atoms with Crippen LogP contribution in [0.5, 0.6) is 0 Å². The Morgan fingerprint density at radius 1 is 1.29 bits per heavy atom. The van der Waals surface area contributed by atoms with Gasteiger partial charge in [-0.25, -0.2) is 8.42 Å². The van der Waals surface area contributed by atoms with Crippen molar-refractivity contribution in [2.45, 2.75) is 17.4 Å². The second-order valence-corrected chi connectivity index (χ2v) is 6.43. The third kappa shape index (κ3) is 3.93. The van der Waals surface area contributed by atoms with E-state index in [2.05, 4.69) is 4.72 Å². The molecule has 0 saturated carbocycles. The lowest BCUT2D eigenvalue weighted by Gasteiger charge is -2.14. The third-order valence-electron chi connectivity index (χ3n) is 2.99. The van der Waals surface area contributed by atoms with Crippen LogP contribution in [0.3, 0.4) is 0 Å². The molecule has 0 aliphatic carbocycles. The van der Waals surface area contributed by atoms with Gasteiger partial charge < -0.3 is 9.67 Å². The number of nitrogens with one attached hydrogen (secondary N) is 1. The van der Waals surface area contributed by atoms with Crippen molar-refractivity contribution in [2.75, 3.05) is 0 Å². The maximum Gasteiger partial charge on any atom is 0.322 e. The van der Waals surface area contributed by atoms with Crippen molar-refractivity contribution in [3.63, 3.8) is 0 Å². The summed E-state index contributed by atoms with van der Waals surface area (Å²) in [7, 11) is -2.16. The molecule has 0 aliphatic rings. The molecular formula is C14H16N2O4S. The van der Waals surface area contributed by atoms with Gasteiger partial charge in [0.15, 0.2) is 0 Å². The summed E-state index contributed by atoms with van der Waals surface area (Å²) in [4.78, 5) is 11.3. The van der Waals surface area contributed by atoms with Crippen molar-refractivity contribution >= 4 is 16.0 Å². The molecule has 0 aliphatic heterocycles. The Labute approximate surface area is 123 Å². The van der Waals surface area contributed by atoms with Gasteiger partial charge >= 0.3 is 5.97 Å². The summed E-state index contributed by atoms with van der Waals surface area (Å²) in [6.07, 6.45) is 3.09. The van der Waals surface area contributed by atoms with Crippen LogP contribution in [0.25, 0.3) is 0 Å². The Hall–Kier alpha value is -2.12. The molecule has 1 heterocycles. The lowest BCUT2D eigenvalue weighted by molar-refractivity contribution is -0.138. The van der Waals surface area contributed by atoms with Crippen LogP contribution in [0.4, 0.5) is 0 Å². The Morgan fingerprint density at radius 3 is 2.48 bits per heavy atom. The fraction of sp³-hybridized carbons (Fsp3) is 0.214. The number of carboxylic acid groups (broad SMARTS) is 1. The van der Waals surface area contributed by atoms with Gasteiger partial charge in [0, 0.05) is 19.4 Å². The van der Waals surface area contributed by atoms with Crippen molar-refractivity contribution in [2.24, 2.45) is 7.05 Å². The van der Waals surface area contributed by atoms with Crippen molar-refractivity contribution in [1.82, 2.24) is 9.29 Å². The van der Waals surface area contributed by atoms with Crippen LogP contribution in [0, 0.1) is 0 Å². The fourth-order valence-electron chi connectivity index (χ4n) is 1.92. The molecule has 21 heavy (non-hydrogen) atoms. The maximum absolute atomic E-state index is 12.2. The smallest absolute Gasteiger partial charge is 0.322 e. The van der Waals surface area contributed by atoms with Crippen LogP contribution < -0.4 is 4.72 Å². The van der Waals surface area contributed by atoms with Crippen molar-refractivity contribution < 1.29 is 18.3 Å². The molecule has 2 aromatic rings. The van der Waals surface area contributed by atoms with Gasteiger partial charge in [-0.05, 0) is 18.1 Å². The zero-order chi connectivity index (χ0) is 15.5. The van der Waals surface area contributed by atoms with E-state index in [1.54, 1.807) is 42.1 Å². The Morgan fingerprint density at radius 2 is 1.95 bits per heavy atom. The number of benzene rings is 1. The van der Waals surface area contributed by atoms with Crippen LogP contribution in [-0.4, -0.2) is 30.1 Å². The molecule has 0 fully saturated rings. The Balaban J connectivity index is 2.18. The van der Waals surface area contributed by atoms with E-state index in [-0.39, 0.29) is 11.3 Å². The summed E-state index contributed by atoms with van der Waals surface area (Å²) < 4.78 is 28.1.